The normalized spacial score (nSPS) is 21.2. The summed E-state index contributed by atoms with van der Waals surface area (Å²) in [7, 11) is 0. The molecule has 5 heteroatoms. The zero-order valence-corrected chi connectivity index (χ0v) is 13.8. The molecule has 2 fully saturated rings. The molecule has 3 rings (SSSR count). The molecule has 0 unspecified atom stereocenters. The third kappa shape index (κ3) is 4.22. The van der Waals surface area contributed by atoms with Gasteiger partial charge < -0.3 is 15.3 Å². The number of hydrogen-bond acceptors (Lipinski definition) is 4. The van der Waals surface area contributed by atoms with Crippen LogP contribution in [0.1, 0.15) is 55.4 Å². The predicted molar refractivity (Wildman–Crippen MR) is 90.9 cm³/mol. The molecule has 0 radical (unpaired) electrons. The largest absolute Gasteiger partial charge is 0.477 e. The van der Waals surface area contributed by atoms with E-state index in [4.69, 9.17) is 5.11 Å². The quantitative estimate of drug-likeness (QED) is 0.873. The van der Waals surface area contributed by atoms with Crippen LogP contribution in [0.15, 0.2) is 18.2 Å². The maximum Gasteiger partial charge on any atom is 0.354 e. The Morgan fingerprint density at radius 1 is 1.17 bits per heavy atom. The Hall–Kier alpha value is -1.62. The molecule has 0 aromatic carbocycles. The number of nitrogens with zero attached hydrogens (tertiary/aromatic N) is 2. The van der Waals surface area contributed by atoms with Crippen molar-refractivity contribution in [1.29, 1.82) is 0 Å². The molecule has 2 heterocycles. The van der Waals surface area contributed by atoms with Crippen molar-refractivity contribution in [2.24, 2.45) is 5.41 Å². The topological polar surface area (TPSA) is 65.5 Å². The Kier molecular flexibility index (Phi) is 5.16. The van der Waals surface area contributed by atoms with E-state index in [-0.39, 0.29) is 5.69 Å². The number of carboxylic acid groups (broad SMARTS) is 1. The minimum Gasteiger partial charge on any atom is -0.477 e. The lowest BCUT2D eigenvalue weighted by Crippen LogP contribution is -2.42. The zero-order valence-electron chi connectivity index (χ0n) is 13.8. The van der Waals surface area contributed by atoms with E-state index in [1.807, 2.05) is 6.07 Å². The number of nitrogens with one attached hydrogen (secondary N) is 1. The van der Waals surface area contributed by atoms with E-state index in [0.29, 0.717) is 11.2 Å². The molecule has 1 saturated carbocycles. The van der Waals surface area contributed by atoms with E-state index in [1.165, 1.54) is 64.1 Å². The van der Waals surface area contributed by atoms with E-state index in [1.54, 1.807) is 6.07 Å². The average Bonchev–Trinajstić information content (AvgIpc) is 2.58. The van der Waals surface area contributed by atoms with Gasteiger partial charge in [0, 0.05) is 13.1 Å². The fourth-order valence-electron chi connectivity index (χ4n) is 4.05. The third-order valence-electron chi connectivity index (χ3n) is 5.53. The van der Waals surface area contributed by atoms with Crippen LogP contribution in [-0.2, 0) is 0 Å². The summed E-state index contributed by atoms with van der Waals surface area (Å²) in [6, 6.07) is 5.06. The van der Waals surface area contributed by atoms with Crippen molar-refractivity contribution < 1.29 is 9.90 Å². The molecule has 1 spiro atoms. The second kappa shape index (κ2) is 7.30. The predicted octanol–water partition coefficient (Wildman–Crippen LogP) is 3.24. The minimum atomic E-state index is -0.984. The van der Waals surface area contributed by atoms with Crippen molar-refractivity contribution in [3.05, 3.63) is 23.9 Å². The molecule has 0 bridgehead atoms. The highest BCUT2D eigenvalue weighted by Crippen LogP contribution is 2.44. The summed E-state index contributed by atoms with van der Waals surface area (Å²) in [5.74, 6) is -0.340. The van der Waals surface area contributed by atoms with Crippen LogP contribution in [0.2, 0.25) is 0 Å². The van der Waals surface area contributed by atoms with Gasteiger partial charge in [0.15, 0.2) is 5.69 Å². The molecule has 1 aromatic heterocycles. The lowest BCUT2D eigenvalue weighted by Gasteiger charge is -2.44. The lowest BCUT2D eigenvalue weighted by atomic mass is 9.68. The molecule has 2 N–H and O–H groups in total. The zero-order chi connectivity index (χ0) is 16.1. The third-order valence-corrected chi connectivity index (χ3v) is 5.53. The molecule has 126 valence electrons. The van der Waals surface area contributed by atoms with Crippen molar-refractivity contribution >= 4 is 11.8 Å². The fourth-order valence-corrected chi connectivity index (χ4v) is 4.05. The van der Waals surface area contributed by atoms with Crippen LogP contribution in [0.3, 0.4) is 0 Å². The smallest absolute Gasteiger partial charge is 0.354 e. The van der Waals surface area contributed by atoms with Crippen LogP contribution < -0.4 is 5.32 Å². The second-order valence-corrected chi connectivity index (χ2v) is 7.04. The average molecular weight is 317 g/mol. The monoisotopic (exact) mass is 317 g/mol. The van der Waals surface area contributed by atoms with E-state index in [9.17, 15) is 4.79 Å². The standard InChI is InChI=1S/C18H27N3O2/c22-17(23)15-5-4-6-16(20-15)19-11-14-21-12-9-18(10-13-21)7-2-1-3-8-18/h4-6H,1-3,7-14H2,(H,19,20)(H,22,23). The van der Waals surface area contributed by atoms with Crippen molar-refractivity contribution in [2.75, 3.05) is 31.5 Å². The molecule has 0 amide bonds. The van der Waals surface area contributed by atoms with Crippen LogP contribution in [0.4, 0.5) is 5.82 Å². The number of pyridine rings is 1. The maximum atomic E-state index is 10.9. The first-order valence-corrected chi connectivity index (χ1v) is 8.84. The molecule has 1 aromatic rings. The number of aromatic carboxylic acids is 1. The minimum absolute atomic E-state index is 0.0900. The SMILES string of the molecule is O=C(O)c1cccc(NCCN2CCC3(CCCCC3)CC2)n1. The molecule has 1 aliphatic heterocycles. The molecular formula is C18H27N3O2. The van der Waals surface area contributed by atoms with Crippen LogP contribution in [0.25, 0.3) is 0 Å². The van der Waals surface area contributed by atoms with Gasteiger partial charge in [-0.3, -0.25) is 0 Å². The highest BCUT2D eigenvalue weighted by molar-refractivity contribution is 5.85. The van der Waals surface area contributed by atoms with E-state index < -0.39 is 5.97 Å². The van der Waals surface area contributed by atoms with Crippen molar-refractivity contribution in [2.45, 2.75) is 44.9 Å². The van der Waals surface area contributed by atoms with Crippen molar-refractivity contribution in [3.8, 4) is 0 Å². The van der Waals surface area contributed by atoms with Gasteiger partial charge >= 0.3 is 5.97 Å². The van der Waals surface area contributed by atoms with Crippen molar-refractivity contribution in [1.82, 2.24) is 9.88 Å². The van der Waals surface area contributed by atoms with Crippen LogP contribution in [-0.4, -0.2) is 47.1 Å². The number of aromatic nitrogens is 1. The van der Waals surface area contributed by atoms with Crippen LogP contribution in [0, 0.1) is 5.41 Å². The molecule has 0 atom stereocenters. The molecule has 1 saturated heterocycles. The number of carboxylic acids is 1. The summed E-state index contributed by atoms with van der Waals surface area (Å²) in [5.41, 5.74) is 0.742. The van der Waals surface area contributed by atoms with Gasteiger partial charge in [0.2, 0.25) is 0 Å². The van der Waals surface area contributed by atoms with Crippen LogP contribution in [0.5, 0.6) is 0 Å². The fraction of sp³-hybridized carbons (Fsp3) is 0.667. The van der Waals surface area contributed by atoms with E-state index >= 15 is 0 Å². The highest BCUT2D eigenvalue weighted by Gasteiger charge is 2.35. The van der Waals surface area contributed by atoms with Crippen molar-refractivity contribution in [3.63, 3.8) is 0 Å². The van der Waals surface area contributed by atoms with Gasteiger partial charge in [-0.05, 0) is 56.3 Å². The Morgan fingerprint density at radius 2 is 1.91 bits per heavy atom. The first-order chi connectivity index (χ1) is 11.2. The van der Waals surface area contributed by atoms with Gasteiger partial charge in [0.1, 0.15) is 5.82 Å². The molecular weight excluding hydrogens is 290 g/mol. The Labute approximate surface area is 138 Å². The van der Waals surface area contributed by atoms with Gasteiger partial charge in [-0.15, -0.1) is 0 Å². The van der Waals surface area contributed by atoms with E-state index in [0.717, 1.165) is 13.1 Å². The summed E-state index contributed by atoms with van der Waals surface area (Å²) in [6.45, 7) is 4.20. The number of likely N-dealkylation sites (tertiary alicyclic amines) is 1. The number of rotatable bonds is 5. The molecule has 23 heavy (non-hydrogen) atoms. The van der Waals surface area contributed by atoms with Gasteiger partial charge in [0.05, 0.1) is 0 Å². The van der Waals surface area contributed by atoms with Gasteiger partial charge in [-0.25, -0.2) is 9.78 Å². The van der Waals surface area contributed by atoms with Gasteiger partial charge in [0.25, 0.3) is 0 Å². The molecule has 2 aliphatic rings. The summed E-state index contributed by atoms with van der Waals surface area (Å²) in [4.78, 5) is 17.5. The first-order valence-electron chi connectivity index (χ1n) is 8.84. The van der Waals surface area contributed by atoms with Gasteiger partial charge in [-0.1, -0.05) is 25.3 Å². The summed E-state index contributed by atoms with van der Waals surface area (Å²) in [5, 5.41) is 12.2. The van der Waals surface area contributed by atoms with E-state index in [2.05, 4.69) is 15.2 Å². The molecule has 5 nitrogen and oxygen atoms in total. The molecule has 1 aliphatic carbocycles. The number of piperidine rings is 1. The first kappa shape index (κ1) is 16.2. The Bertz CT molecular complexity index is 531. The summed E-state index contributed by atoms with van der Waals surface area (Å²) < 4.78 is 0. The summed E-state index contributed by atoms with van der Waals surface area (Å²) >= 11 is 0. The number of carbonyl (C=O) groups is 1. The number of hydrogen-bond donors (Lipinski definition) is 2. The lowest BCUT2D eigenvalue weighted by molar-refractivity contribution is 0.0690. The van der Waals surface area contributed by atoms with Crippen LogP contribution >= 0.6 is 0 Å². The Balaban J connectivity index is 1.41. The Morgan fingerprint density at radius 3 is 2.61 bits per heavy atom. The van der Waals surface area contributed by atoms with Gasteiger partial charge in [-0.2, -0.15) is 0 Å². The summed E-state index contributed by atoms with van der Waals surface area (Å²) in [6.07, 6.45) is 9.84. The number of anilines is 1. The second-order valence-electron chi connectivity index (χ2n) is 7.04. The maximum absolute atomic E-state index is 10.9. The highest BCUT2D eigenvalue weighted by atomic mass is 16.4.